The maximum Gasteiger partial charge on any atom is 0.326 e. The van der Waals surface area contributed by atoms with Crippen LogP contribution in [0.5, 0.6) is 0 Å². The molecule has 0 unspecified atom stereocenters. The number of carbonyl (C=O) groups excluding carboxylic acids is 4. The van der Waals surface area contributed by atoms with Gasteiger partial charge in [-0.15, -0.1) is 0 Å². The molecule has 0 spiro atoms. The summed E-state index contributed by atoms with van der Waals surface area (Å²) in [5.74, 6) is -2.12. The molecular weight excluding hydrogens is 358 g/mol. The first-order chi connectivity index (χ1) is 13.3. The number of ketones is 1. The Morgan fingerprint density at radius 1 is 1.11 bits per heavy atom. The minimum atomic E-state index is -1.02. The van der Waals surface area contributed by atoms with Crippen molar-refractivity contribution in [2.24, 2.45) is 0 Å². The molecule has 6 nitrogen and oxygen atoms in total. The van der Waals surface area contributed by atoms with Gasteiger partial charge in [-0.25, -0.2) is 0 Å². The van der Waals surface area contributed by atoms with Crippen molar-refractivity contribution in [2.45, 2.75) is 33.3 Å². The Labute approximate surface area is 163 Å². The van der Waals surface area contributed by atoms with E-state index < -0.39 is 30.4 Å². The largest absolute Gasteiger partial charge is 0.453 e. The molecular formula is C22H21NO5. The lowest BCUT2D eigenvalue weighted by Gasteiger charge is -2.26. The maximum absolute atomic E-state index is 12.6. The van der Waals surface area contributed by atoms with E-state index in [1.165, 1.54) is 6.92 Å². The summed E-state index contributed by atoms with van der Waals surface area (Å²) >= 11 is 0. The number of nitrogens with zero attached hydrogens (tertiary/aromatic N) is 1. The van der Waals surface area contributed by atoms with Crippen molar-refractivity contribution in [3.05, 3.63) is 70.3 Å². The minimum absolute atomic E-state index is 0.0478. The number of hydrogen-bond donors (Lipinski definition) is 0. The van der Waals surface area contributed by atoms with E-state index in [9.17, 15) is 19.2 Å². The zero-order valence-electron chi connectivity index (χ0n) is 16.0. The van der Waals surface area contributed by atoms with Gasteiger partial charge in [0.2, 0.25) is 11.7 Å². The van der Waals surface area contributed by atoms with Crippen molar-refractivity contribution in [3.63, 3.8) is 0 Å². The second kappa shape index (κ2) is 7.76. The quantitative estimate of drug-likeness (QED) is 0.453. The van der Waals surface area contributed by atoms with Crippen LogP contribution in [0.25, 0.3) is 0 Å². The maximum atomic E-state index is 12.6. The molecule has 0 aliphatic carbocycles. The first-order valence-electron chi connectivity index (χ1n) is 9.01. The summed E-state index contributed by atoms with van der Waals surface area (Å²) in [4.78, 5) is 50.6. The summed E-state index contributed by atoms with van der Waals surface area (Å²) in [6.45, 7) is 4.65. The van der Waals surface area contributed by atoms with Crippen molar-refractivity contribution in [1.82, 2.24) is 4.90 Å². The van der Waals surface area contributed by atoms with Crippen molar-refractivity contribution in [3.8, 4) is 0 Å². The summed E-state index contributed by atoms with van der Waals surface area (Å²) in [5, 5.41) is 0. The number of Topliss-reactive ketones (excluding diaryl/α,β-unsaturated/α-hetero) is 1. The Kier molecular flexibility index (Phi) is 5.40. The van der Waals surface area contributed by atoms with Gasteiger partial charge in [-0.05, 0) is 44.0 Å². The highest BCUT2D eigenvalue weighted by atomic mass is 16.5. The third kappa shape index (κ3) is 3.86. The number of hydrogen-bond acceptors (Lipinski definition) is 5. The Hall–Kier alpha value is -3.28. The first-order valence-corrected chi connectivity index (χ1v) is 9.01. The van der Waals surface area contributed by atoms with Gasteiger partial charge >= 0.3 is 5.97 Å². The van der Waals surface area contributed by atoms with Gasteiger partial charge in [-0.1, -0.05) is 35.9 Å². The molecule has 2 aromatic rings. The number of aryl methyl sites for hydroxylation is 2. The molecule has 0 saturated heterocycles. The van der Waals surface area contributed by atoms with Crippen LogP contribution in [0.1, 0.15) is 44.3 Å². The van der Waals surface area contributed by atoms with E-state index in [-0.39, 0.29) is 12.2 Å². The monoisotopic (exact) mass is 379 g/mol. The lowest BCUT2D eigenvalue weighted by atomic mass is 9.98. The number of esters is 1. The number of rotatable bonds is 5. The number of imide groups is 1. The lowest BCUT2D eigenvalue weighted by molar-refractivity contribution is -0.150. The number of benzene rings is 2. The van der Waals surface area contributed by atoms with Crippen molar-refractivity contribution < 1.29 is 23.9 Å². The molecule has 1 heterocycles. The smallest absolute Gasteiger partial charge is 0.326 e. The van der Waals surface area contributed by atoms with Crippen molar-refractivity contribution in [1.29, 1.82) is 0 Å². The normalized spacial score (nSPS) is 14.5. The molecule has 144 valence electrons. The molecule has 1 aliphatic rings. The van der Waals surface area contributed by atoms with Crippen LogP contribution in [0.4, 0.5) is 0 Å². The number of ether oxygens (including phenoxy) is 1. The van der Waals surface area contributed by atoms with Gasteiger partial charge in [0.25, 0.3) is 5.91 Å². The Morgan fingerprint density at radius 2 is 1.82 bits per heavy atom. The van der Waals surface area contributed by atoms with E-state index >= 15 is 0 Å². The summed E-state index contributed by atoms with van der Waals surface area (Å²) in [6.07, 6.45) is -0.970. The van der Waals surface area contributed by atoms with Gasteiger partial charge in [0.1, 0.15) is 6.54 Å². The van der Waals surface area contributed by atoms with Crippen LogP contribution >= 0.6 is 0 Å². The standard InChI is InChI=1S/C22H21NO5/c1-13-8-9-14(2)18(10-13)21(26)15(3)28-20(25)12-23-19(24)11-16-6-4-5-7-17(16)22(23)27/h4-10,15H,11-12H2,1-3H3/t15-/m1/s1. The second-order valence-electron chi connectivity index (χ2n) is 6.93. The lowest BCUT2D eigenvalue weighted by Crippen LogP contribution is -2.46. The van der Waals surface area contributed by atoms with Crippen LogP contribution in [-0.4, -0.2) is 41.1 Å². The van der Waals surface area contributed by atoms with Gasteiger partial charge < -0.3 is 4.74 Å². The molecule has 0 N–H and O–H groups in total. The summed E-state index contributed by atoms with van der Waals surface area (Å²) in [6, 6.07) is 12.3. The number of carbonyl (C=O) groups is 4. The molecule has 3 rings (SSSR count). The predicted octanol–water partition coefficient (Wildman–Crippen LogP) is 2.64. The van der Waals surface area contributed by atoms with Crippen LogP contribution < -0.4 is 0 Å². The van der Waals surface area contributed by atoms with Crippen LogP contribution in [-0.2, 0) is 20.7 Å². The molecule has 1 aliphatic heterocycles. The van der Waals surface area contributed by atoms with E-state index in [0.717, 1.165) is 16.0 Å². The van der Waals surface area contributed by atoms with Crippen molar-refractivity contribution in [2.75, 3.05) is 6.54 Å². The van der Waals surface area contributed by atoms with Gasteiger partial charge in [0, 0.05) is 11.1 Å². The molecule has 28 heavy (non-hydrogen) atoms. The summed E-state index contributed by atoms with van der Waals surface area (Å²) in [7, 11) is 0. The molecule has 0 fully saturated rings. The molecule has 1 atom stereocenters. The Bertz CT molecular complexity index is 979. The first kappa shape index (κ1) is 19.5. The SMILES string of the molecule is Cc1ccc(C)c(C(=O)[C@@H](C)OC(=O)CN2C(=O)Cc3ccccc3C2=O)c1. The number of fused-ring (bicyclic) bond motifs is 1. The van der Waals surface area contributed by atoms with E-state index in [4.69, 9.17) is 4.74 Å². The van der Waals surface area contributed by atoms with Crippen LogP contribution in [0.2, 0.25) is 0 Å². The van der Waals surface area contributed by atoms with E-state index in [2.05, 4.69) is 0 Å². The highest BCUT2D eigenvalue weighted by Crippen LogP contribution is 2.20. The average molecular weight is 379 g/mol. The highest BCUT2D eigenvalue weighted by Gasteiger charge is 2.33. The average Bonchev–Trinajstić information content (AvgIpc) is 2.66. The van der Waals surface area contributed by atoms with Gasteiger partial charge in [-0.2, -0.15) is 0 Å². The molecule has 2 amide bonds. The molecule has 0 aromatic heterocycles. The third-order valence-electron chi connectivity index (χ3n) is 4.76. The second-order valence-corrected chi connectivity index (χ2v) is 6.93. The molecule has 6 heteroatoms. The molecule has 2 aromatic carbocycles. The van der Waals surface area contributed by atoms with E-state index in [1.54, 1.807) is 30.3 Å². The van der Waals surface area contributed by atoms with Crippen LogP contribution in [0.15, 0.2) is 42.5 Å². The molecule has 0 saturated carbocycles. The number of amides is 2. The fraction of sp³-hybridized carbons (Fsp3) is 0.273. The minimum Gasteiger partial charge on any atom is -0.453 e. The third-order valence-corrected chi connectivity index (χ3v) is 4.76. The van der Waals surface area contributed by atoms with Crippen LogP contribution in [0, 0.1) is 13.8 Å². The molecule has 0 radical (unpaired) electrons. The molecule has 0 bridgehead atoms. The highest BCUT2D eigenvalue weighted by molar-refractivity contribution is 6.11. The van der Waals surface area contributed by atoms with Gasteiger partial charge in [0.15, 0.2) is 6.10 Å². The fourth-order valence-electron chi connectivity index (χ4n) is 3.20. The van der Waals surface area contributed by atoms with E-state index in [0.29, 0.717) is 16.7 Å². The van der Waals surface area contributed by atoms with E-state index in [1.807, 2.05) is 26.0 Å². The summed E-state index contributed by atoms with van der Waals surface area (Å²) in [5.41, 5.74) is 3.24. The Balaban J connectivity index is 1.68. The van der Waals surface area contributed by atoms with Gasteiger partial charge in [0.05, 0.1) is 6.42 Å². The van der Waals surface area contributed by atoms with Crippen LogP contribution in [0.3, 0.4) is 0 Å². The van der Waals surface area contributed by atoms with Crippen molar-refractivity contribution >= 4 is 23.6 Å². The predicted molar refractivity (Wildman–Crippen MR) is 102 cm³/mol. The Morgan fingerprint density at radius 3 is 2.57 bits per heavy atom. The van der Waals surface area contributed by atoms with Gasteiger partial charge in [-0.3, -0.25) is 24.1 Å². The topological polar surface area (TPSA) is 80.8 Å². The zero-order chi connectivity index (χ0) is 20.4. The zero-order valence-corrected chi connectivity index (χ0v) is 16.0. The fourth-order valence-corrected chi connectivity index (χ4v) is 3.20. The summed E-state index contributed by atoms with van der Waals surface area (Å²) < 4.78 is 5.21.